The molecule has 0 aromatic heterocycles. The summed E-state index contributed by atoms with van der Waals surface area (Å²) in [5.41, 5.74) is -0.176. The number of hydrogen-bond donors (Lipinski definition) is 1. The van der Waals surface area contributed by atoms with Gasteiger partial charge in [0.1, 0.15) is 5.82 Å². The lowest BCUT2D eigenvalue weighted by molar-refractivity contribution is 0.139. The molecule has 2 rings (SSSR count). The second-order valence-electron chi connectivity index (χ2n) is 3.69. The Labute approximate surface area is 93.9 Å². The standard InChI is InChI=1S/C14H11FO/c1-2-14(16,11-5-3-4-6-11)12-7-9-13(15)10-8-12/h1,3-5,7-10,16H,6H2. The first-order chi connectivity index (χ1) is 7.66. The second kappa shape index (κ2) is 3.96. The fourth-order valence-corrected chi connectivity index (χ4v) is 1.77. The maximum Gasteiger partial charge on any atom is 0.173 e. The van der Waals surface area contributed by atoms with E-state index in [1.165, 1.54) is 24.3 Å². The van der Waals surface area contributed by atoms with Crippen LogP contribution in [-0.2, 0) is 5.60 Å². The first-order valence-electron chi connectivity index (χ1n) is 4.99. The van der Waals surface area contributed by atoms with Gasteiger partial charge in [0, 0.05) is 5.56 Å². The Morgan fingerprint density at radius 3 is 2.50 bits per heavy atom. The Morgan fingerprint density at radius 1 is 1.31 bits per heavy atom. The average Bonchev–Trinajstić information content (AvgIpc) is 2.83. The van der Waals surface area contributed by atoms with Crippen LogP contribution in [0, 0.1) is 18.2 Å². The van der Waals surface area contributed by atoms with Crippen LogP contribution in [0.4, 0.5) is 4.39 Å². The zero-order chi connectivity index (χ0) is 11.6. The minimum atomic E-state index is -1.43. The Morgan fingerprint density at radius 2 is 2.00 bits per heavy atom. The molecular formula is C14H11FO. The van der Waals surface area contributed by atoms with Gasteiger partial charge < -0.3 is 5.11 Å². The molecular weight excluding hydrogens is 203 g/mol. The van der Waals surface area contributed by atoms with Crippen LogP contribution in [-0.4, -0.2) is 5.11 Å². The zero-order valence-electron chi connectivity index (χ0n) is 8.65. The van der Waals surface area contributed by atoms with Gasteiger partial charge in [0.2, 0.25) is 0 Å². The molecule has 0 fully saturated rings. The summed E-state index contributed by atoms with van der Waals surface area (Å²) in [5, 5.41) is 10.4. The number of allylic oxidation sites excluding steroid dienone is 3. The number of terminal acetylenes is 1. The first-order valence-corrected chi connectivity index (χ1v) is 4.99. The summed E-state index contributed by atoms with van der Waals surface area (Å²) in [6.45, 7) is 0. The second-order valence-corrected chi connectivity index (χ2v) is 3.69. The van der Waals surface area contributed by atoms with Gasteiger partial charge in [-0.05, 0) is 24.1 Å². The highest BCUT2D eigenvalue weighted by molar-refractivity contribution is 5.45. The molecule has 1 aliphatic rings. The minimum Gasteiger partial charge on any atom is -0.370 e. The fraction of sp³-hybridized carbons (Fsp3) is 0.143. The molecule has 0 spiro atoms. The van der Waals surface area contributed by atoms with Crippen molar-refractivity contribution in [3.05, 3.63) is 59.4 Å². The molecule has 0 aliphatic heterocycles. The number of halogens is 1. The first kappa shape index (κ1) is 10.7. The number of hydrogen-bond acceptors (Lipinski definition) is 1. The van der Waals surface area contributed by atoms with Crippen LogP contribution in [0.15, 0.2) is 48.1 Å². The van der Waals surface area contributed by atoms with Crippen LogP contribution < -0.4 is 0 Å². The molecule has 1 nitrogen and oxygen atoms in total. The molecule has 1 aromatic carbocycles. The highest BCUT2D eigenvalue weighted by atomic mass is 19.1. The molecule has 0 amide bonds. The summed E-state index contributed by atoms with van der Waals surface area (Å²) in [6, 6.07) is 5.60. The predicted molar refractivity (Wildman–Crippen MR) is 61.0 cm³/mol. The smallest absolute Gasteiger partial charge is 0.173 e. The molecule has 1 unspecified atom stereocenters. The quantitative estimate of drug-likeness (QED) is 0.750. The van der Waals surface area contributed by atoms with Crippen molar-refractivity contribution < 1.29 is 9.50 Å². The summed E-state index contributed by atoms with van der Waals surface area (Å²) in [4.78, 5) is 0. The van der Waals surface area contributed by atoms with Gasteiger partial charge >= 0.3 is 0 Å². The third kappa shape index (κ3) is 1.66. The number of rotatable bonds is 2. The van der Waals surface area contributed by atoms with E-state index in [2.05, 4.69) is 5.92 Å². The van der Waals surface area contributed by atoms with Crippen LogP contribution in [0.3, 0.4) is 0 Å². The summed E-state index contributed by atoms with van der Waals surface area (Å²) in [6.07, 6.45) is 11.6. The fourth-order valence-electron chi connectivity index (χ4n) is 1.77. The molecule has 0 saturated carbocycles. The van der Waals surface area contributed by atoms with Gasteiger partial charge in [-0.1, -0.05) is 36.3 Å². The normalized spacial score (nSPS) is 17.7. The van der Waals surface area contributed by atoms with Gasteiger partial charge in [0.25, 0.3) is 0 Å². The van der Waals surface area contributed by atoms with E-state index in [9.17, 15) is 9.50 Å². The van der Waals surface area contributed by atoms with Crippen molar-refractivity contribution in [1.82, 2.24) is 0 Å². The van der Waals surface area contributed by atoms with Gasteiger partial charge in [-0.3, -0.25) is 0 Å². The lowest BCUT2D eigenvalue weighted by atomic mass is 9.86. The molecule has 2 heteroatoms. The highest BCUT2D eigenvalue weighted by Crippen LogP contribution is 2.33. The topological polar surface area (TPSA) is 20.2 Å². The van der Waals surface area contributed by atoms with Crippen LogP contribution in [0.1, 0.15) is 12.0 Å². The van der Waals surface area contributed by atoms with Gasteiger partial charge in [0.05, 0.1) is 0 Å². The molecule has 80 valence electrons. The molecule has 1 aromatic rings. The van der Waals surface area contributed by atoms with Crippen molar-refractivity contribution in [2.75, 3.05) is 0 Å². The van der Waals surface area contributed by atoms with Crippen molar-refractivity contribution in [1.29, 1.82) is 0 Å². The van der Waals surface area contributed by atoms with Gasteiger partial charge in [-0.25, -0.2) is 4.39 Å². The van der Waals surface area contributed by atoms with Gasteiger partial charge in [-0.2, -0.15) is 0 Å². The summed E-state index contributed by atoms with van der Waals surface area (Å²) >= 11 is 0. The monoisotopic (exact) mass is 214 g/mol. The SMILES string of the molecule is C#CC(O)(C1=CC=CC1)c1ccc(F)cc1. The van der Waals surface area contributed by atoms with Gasteiger partial charge in [0.15, 0.2) is 5.60 Å². The molecule has 1 N–H and O–H groups in total. The third-order valence-corrected chi connectivity index (χ3v) is 2.71. The maximum atomic E-state index is 12.8. The van der Waals surface area contributed by atoms with Crippen molar-refractivity contribution in [3.63, 3.8) is 0 Å². The van der Waals surface area contributed by atoms with Crippen LogP contribution >= 0.6 is 0 Å². The summed E-state index contributed by atoms with van der Waals surface area (Å²) in [7, 11) is 0. The molecule has 16 heavy (non-hydrogen) atoms. The lowest BCUT2D eigenvalue weighted by Gasteiger charge is -2.24. The van der Waals surface area contributed by atoms with Crippen LogP contribution in [0.25, 0.3) is 0 Å². The molecule has 1 aliphatic carbocycles. The minimum absolute atomic E-state index is 0.346. The summed E-state index contributed by atoms with van der Waals surface area (Å²) < 4.78 is 12.8. The van der Waals surface area contributed by atoms with Crippen LogP contribution in [0.5, 0.6) is 0 Å². The van der Waals surface area contributed by atoms with Crippen molar-refractivity contribution in [2.45, 2.75) is 12.0 Å². The highest BCUT2D eigenvalue weighted by Gasteiger charge is 2.31. The number of benzene rings is 1. The zero-order valence-corrected chi connectivity index (χ0v) is 8.65. The van der Waals surface area contributed by atoms with E-state index in [0.29, 0.717) is 12.0 Å². The summed E-state index contributed by atoms with van der Waals surface area (Å²) in [5.74, 6) is 2.04. The van der Waals surface area contributed by atoms with Crippen molar-refractivity contribution >= 4 is 0 Å². The molecule has 0 radical (unpaired) electrons. The maximum absolute atomic E-state index is 12.8. The van der Waals surface area contributed by atoms with E-state index in [1.807, 2.05) is 12.2 Å². The van der Waals surface area contributed by atoms with Crippen molar-refractivity contribution in [3.8, 4) is 12.3 Å². The van der Waals surface area contributed by atoms with E-state index in [-0.39, 0.29) is 5.82 Å². The molecule has 0 heterocycles. The molecule has 1 atom stereocenters. The average molecular weight is 214 g/mol. The van der Waals surface area contributed by atoms with Gasteiger partial charge in [-0.15, -0.1) is 6.42 Å². The van der Waals surface area contributed by atoms with Crippen molar-refractivity contribution in [2.24, 2.45) is 0 Å². The van der Waals surface area contributed by atoms with E-state index in [0.717, 1.165) is 5.57 Å². The third-order valence-electron chi connectivity index (χ3n) is 2.71. The lowest BCUT2D eigenvalue weighted by Crippen LogP contribution is -2.25. The van der Waals surface area contributed by atoms with Crippen LogP contribution in [0.2, 0.25) is 0 Å². The van der Waals surface area contributed by atoms with E-state index < -0.39 is 5.60 Å². The predicted octanol–water partition coefficient (Wildman–Crippen LogP) is 2.53. The Kier molecular flexibility index (Phi) is 2.64. The Balaban J connectivity index is 2.43. The number of aliphatic hydroxyl groups is 1. The molecule has 0 bridgehead atoms. The largest absolute Gasteiger partial charge is 0.370 e. The van der Waals surface area contributed by atoms with E-state index in [1.54, 1.807) is 6.08 Å². The van der Waals surface area contributed by atoms with E-state index >= 15 is 0 Å². The Hall–Kier alpha value is -1.85. The molecule has 0 saturated heterocycles. The van der Waals surface area contributed by atoms with E-state index in [4.69, 9.17) is 6.42 Å². The Bertz CT molecular complexity index is 490.